The number of rotatable bonds is 6. The molecular formula is C20H31N7O. The van der Waals surface area contributed by atoms with E-state index in [1.54, 1.807) is 4.90 Å². The summed E-state index contributed by atoms with van der Waals surface area (Å²) in [6.07, 6.45) is 4.72. The number of nitrogens with two attached hydrogens (primary N) is 1. The van der Waals surface area contributed by atoms with Gasteiger partial charge in [-0.3, -0.25) is 9.48 Å². The number of amides is 1. The van der Waals surface area contributed by atoms with E-state index in [1.807, 2.05) is 51.7 Å². The number of anilines is 1. The molecule has 8 heteroatoms. The van der Waals surface area contributed by atoms with Crippen LogP contribution < -0.4 is 10.6 Å². The number of aryl methyl sites for hydroxylation is 2. The van der Waals surface area contributed by atoms with Gasteiger partial charge in [-0.1, -0.05) is 0 Å². The van der Waals surface area contributed by atoms with Crippen LogP contribution in [0.3, 0.4) is 0 Å². The summed E-state index contributed by atoms with van der Waals surface area (Å²) in [5, 5.41) is 4.31. The predicted octanol–water partition coefficient (Wildman–Crippen LogP) is 1.90. The zero-order valence-electron chi connectivity index (χ0n) is 17.5. The van der Waals surface area contributed by atoms with Crippen molar-refractivity contribution in [3.8, 4) is 0 Å². The van der Waals surface area contributed by atoms with Gasteiger partial charge in [-0.15, -0.1) is 0 Å². The van der Waals surface area contributed by atoms with E-state index in [4.69, 9.17) is 5.73 Å². The molecule has 2 N–H and O–H groups in total. The molecule has 1 fully saturated rings. The monoisotopic (exact) mass is 385 g/mol. The average molecular weight is 386 g/mol. The van der Waals surface area contributed by atoms with Gasteiger partial charge in [0, 0.05) is 61.3 Å². The summed E-state index contributed by atoms with van der Waals surface area (Å²) in [6.45, 7) is 12.9. The van der Waals surface area contributed by atoms with E-state index in [9.17, 15) is 4.79 Å². The minimum Gasteiger partial charge on any atom is -0.355 e. The van der Waals surface area contributed by atoms with Crippen molar-refractivity contribution in [1.29, 1.82) is 0 Å². The fourth-order valence-corrected chi connectivity index (χ4v) is 3.47. The van der Waals surface area contributed by atoms with Crippen LogP contribution in [0, 0.1) is 13.8 Å². The first-order valence-electron chi connectivity index (χ1n) is 9.98. The number of hydrogen-bond acceptors (Lipinski definition) is 6. The van der Waals surface area contributed by atoms with Gasteiger partial charge in [0.1, 0.15) is 5.82 Å². The van der Waals surface area contributed by atoms with Crippen molar-refractivity contribution in [3.05, 3.63) is 35.0 Å². The van der Waals surface area contributed by atoms with E-state index in [2.05, 4.69) is 20.0 Å². The van der Waals surface area contributed by atoms with Crippen LogP contribution in [0.25, 0.3) is 0 Å². The molecule has 28 heavy (non-hydrogen) atoms. The number of carbonyl (C=O) groups excluding carboxylic acids is 1. The van der Waals surface area contributed by atoms with E-state index in [0.29, 0.717) is 6.54 Å². The topological polar surface area (TPSA) is 93.2 Å². The minimum atomic E-state index is -0.160. The lowest BCUT2D eigenvalue weighted by atomic mass is 10.2. The van der Waals surface area contributed by atoms with E-state index >= 15 is 0 Å². The summed E-state index contributed by atoms with van der Waals surface area (Å²) in [7, 11) is 0. The second kappa shape index (κ2) is 8.26. The van der Waals surface area contributed by atoms with Crippen LogP contribution >= 0.6 is 0 Å². The molecule has 1 aliphatic rings. The van der Waals surface area contributed by atoms with Crippen LogP contribution in [0.15, 0.2) is 12.4 Å². The summed E-state index contributed by atoms with van der Waals surface area (Å²) in [4.78, 5) is 26.4. The van der Waals surface area contributed by atoms with Crippen molar-refractivity contribution in [3.63, 3.8) is 0 Å². The highest BCUT2D eigenvalue weighted by Crippen LogP contribution is 2.24. The number of carbonyl (C=O) groups is 1. The van der Waals surface area contributed by atoms with Crippen molar-refractivity contribution in [2.24, 2.45) is 5.73 Å². The number of nitrogens with zero attached hydrogens (tertiary/aromatic N) is 6. The van der Waals surface area contributed by atoms with Crippen molar-refractivity contribution in [1.82, 2.24) is 24.6 Å². The molecule has 3 heterocycles. The molecule has 2 aromatic rings. The van der Waals surface area contributed by atoms with Crippen LogP contribution in [-0.2, 0) is 13.1 Å². The maximum Gasteiger partial charge on any atom is 0.292 e. The highest BCUT2D eigenvalue weighted by atomic mass is 16.2. The lowest BCUT2D eigenvalue weighted by Gasteiger charge is -2.27. The molecular weight excluding hydrogens is 354 g/mol. The molecule has 0 spiro atoms. The summed E-state index contributed by atoms with van der Waals surface area (Å²) < 4.78 is 1.86. The van der Waals surface area contributed by atoms with Crippen LogP contribution in [0.1, 0.15) is 54.6 Å². The number of aromatic nitrogens is 4. The smallest absolute Gasteiger partial charge is 0.292 e. The lowest BCUT2D eigenvalue weighted by Crippen LogP contribution is -2.38. The molecule has 1 atom stereocenters. The molecule has 2 aromatic heterocycles. The van der Waals surface area contributed by atoms with Gasteiger partial charge < -0.3 is 15.5 Å². The molecule has 0 unspecified atom stereocenters. The Balaban J connectivity index is 1.89. The molecule has 1 aliphatic heterocycles. The van der Waals surface area contributed by atoms with E-state index in [1.165, 1.54) is 0 Å². The minimum absolute atomic E-state index is 0.0198. The van der Waals surface area contributed by atoms with Gasteiger partial charge >= 0.3 is 0 Å². The Bertz CT molecular complexity index is 845. The van der Waals surface area contributed by atoms with Crippen LogP contribution in [0.4, 0.5) is 5.82 Å². The van der Waals surface area contributed by atoms with Crippen LogP contribution in [0.5, 0.6) is 0 Å². The fraction of sp³-hybridized carbons (Fsp3) is 0.600. The van der Waals surface area contributed by atoms with Gasteiger partial charge in [0.25, 0.3) is 5.91 Å². The summed E-state index contributed by atoms with van der Waals surface area (Å²) in [6, 6.07) is 0.169. The lowest BCUT2D eigenvalue weighted by molar-refractivity contribution is 0.0677. The molecule has 1 saturated heterocycles. The van der Waals surface area contributed by atoms with Crippen molar-refractivity contribution >= 4 is 11.7 Å². The molecule has 3 rings (SSSR count). The third kappa shape index (κ3) is 4.16. The van der Waals surface area contributed by atoms with Gasteiger partial charge in [-0.2, -0.15) is 5.10 Å². The van der Waals surface area contributed by atoms with E-state index in [-0.39, 0.29) is 23.8 Å². The number of hydrogen-bond donors (Lipinski definition) is 1. The average Bonchev–Trinajstić information content (AvgIpc) is 3.29. The van der Waals surface area contributed by atoms with Gasteiger partial charge in [0.2, 0.25) is 5.82 Å². The fourth-order valence-electron chi connectivity index (χ4n) is 3.47. The maximum atomic E-state index is 13.3. The Morgan fingerprint density at radius 3 is 2.68 bits per heavy atom. The molecule has 0 aromatic carbocycles. The normalized spacial score (nSPS) is 16.8. The molecule has 152 valence electrons. The molecule has 0 aliphatic carbocycles. The SMILES string of the molecule is CCn1cc(CN(C(=O)c2nc(C)c(C)c(N3CC[C@@H](N)C3)n2)C(C)C)cn1. The van der Waals surface area contributed by atoms with E-state index < -0.39 is 0 Å². The summed E-state index contributed by atoms with van der Waals surface area (Å²) >= 11 is 0. The first-order valence-corrected chi connectivity index (χ1v) is 9.98. The van der Waals surface area contributed by atoms with Gasteiger partial charge in [-0.25, -0.2) is 9.97 Å². The second-order valence-electron chi connectivity index (χ2n) is 7.81. The predicted molar refractivity (Wildman–Crippen MR) is 109 cm³/mol. The Labute approximate surface area is 166 Å². The van der Waals surface area contributed by atoms with Crippen LogP contribution in [-0.4, -0.2) is 55.7 Å². The van der Waals surface area contributed by atoms with Gasteiger partial charge in [0.15, 0.2) is 0 Å². The summed E-state index contributed by atoms with van der Waals surface area (Å²) in [5.74, 6) is 0.911. The van der Waals surface area contributed by atoms with Crippen LogP contribution in [0.2, 0.25) is 0 Å². The first kappa shape index (κ1) is 20.3. The van der Waals surface area contributed by atoms with Gasteiger partial charge in [0.05, 0.1) is 6.20 Å². The molecule has 0 radical (unpaired) electrons. The first-order chi connectivity index (χ1) is 13.3. The maximum absolute atomic E-state index is 13.3. The summed E-state index contributed by atoms with van der Waals surface area (Å²) in [5.41, 5.74) is 8.90. The highest BCUT2D eigenvalue weighted by molar-refractivity contribution is 5.91. The molecule has 8 nitrogen and oxygen atoms in total. The largest absolute Gasteiger partial charge is 0.355 e. The quantitative estimate of drug-likeness (QED) is 0.816. The zero-order valence-corrected chi connectivity index (χ0v) is 17.5. The van der Waals surface area contributed by atoms with Crippen molar-refractivity contribution in [2.45, 2.75) is 66.2 Å². The third-order valence-electron chi connectivity index (χ3n) is 5.33. The Kier molecular flexibility index (Phi) is 5.98. The second-order valence-corrected chi connectivity index (χ2v) is 7.81. The Morgan fingerprint density at radius 2 is 2.11 bits per heavy atom. The van der Waals surface area contributed by atoms with Crippen molar-refractivity contribution in [2.75, 3.05) is 18.0 Å². The molecule has 1 amide bonds. The highest BCUT2D eigenvalue weighted by Gasteiger charge is 2.27. The standard InChI is InChI=1S/C20H31N7O/c1-6-26-10-16(9-22-26)11-27(13(2)3)20(28)18-23-15(5)14(4)19(24-18)25-8-7-17(21)12-25/h9-10,13,17H,6-8,11-12,21H2,1-5H3/t17-/m1/s1. The van der Waals surface area contributed by atoms with Crippen molar-refractivity contribution < 1.29 is 4.79 Å². The van der Waals surface area contributed by atoms with E-state index in [0.717, 1.165) is 48.7 Å². The Hall–Kier alpha value is -2.48. The zero-order chi connectivity index (χ0) is 20.4. The van der Waals surface area contributed by atoms with Gasteiger partial charge in [-0.05, 0) is 41.0 Å². The Morgan fingerprint density at radius 1 is 1.36 bits per heavy atom. The third-order valence-corrected chi connectivity index (χ3v) is 5.33. The molecule has 0 saturated carbocycles. The molecule has 0 bridgehead atoms.